The first-order valence-corrected chi connectivity index (χ1v) is 10.8. The van der Waals surface area contributed by atoms with Gasteiger partial charge in [0.2, 0.25) is 0 Å². The molecule has 0 radical (unpaired) electrons. The fraction of sp³-hybridized carbons (Fsp3) is 0.391. The van der Waals surface area contributed by atoms with Crippen molar-refractivity contribution in [2.75, 3.05) is 18.1 Å². The number of carbonyl (C=O) groups excluding carboxylic acids is 1. The molecule has 1 fully saturated rings. The van der Waals surface area contributed by atoms with Crippen LogP contribution in [0.1, 0.15) is 46.8 Å². The van der Waals surface area contributed by atoms with E-state index in [0.29, 0.717) is 6.54 Å². The SMILES string of the molecule is CCc1ccc2nc(N(CC3CCCO3)C(=O)c3cc(C)ccc3C)sc2c1. The molecule has 1 aliphatic heterocycles. The molecule has 1 saturated heterocycles. The number of ether oxygens (including phenoxy) is 1. The van der Waals surface area contributed by atoms with E-state index in [1.165, 1.54) is 5.56 Å². The van der Waals surface area contributed by atoms with E-state index < -0.39 is 0 Å². The number of amides is 1. The Morgan fingerprint density at radius 1 is 1.25 bits per heavy atom. The van der Waals surface area contributed by atoms with Crippen LogP contribution in [0.5, 0.6) is 0 Å². The molecular formula is C23H26N2O2S. The van der Waals surface area contributed by atoms with Gasteiger partial charge in [-0.15, -0.1) is 0 Å². The molecule has 0 saturated carbocycles. The van der Waals surface area contributed by atoms with Crippen LogP contribution < -0.4 is 4.90 Å². The van der Waals surface area contributed by atoms with Gasteiger partial charge in [-0.2, -0.15) is 0 Å². The number of aromatic nitrogens is 1. The fourth-order valence-corrected chi connectivity index (χ4v) is 4.68. The molecule has 1 amide bonds. The van der Waals surface area contributed by atoms with Gasteiger partial charge in [0, 0.05) is 12.2 Å². The number of benzene rings is 2. The lowest BCUT2D eigenvalue weighted by Gasteiger charge is -2.24. The van der Waals surface area contributed by atoms with E-state index in [9.17, 15) is 4.79 Å². The average molecular weight is 395 g/mol. The van der Waals surface area contributed by atoms with E-state index >= 15 is 0 Å². The van der Waals surface area contributed by atoms with Gasteiger partial charge >= 0.3 is 0 Å². The third-order valence-electron chi connectivity index (χ3n) is 5.36. The van der Waals surface area contributed by atoms with E-state index in [1.54, 1.807) is 11.3 Å². The number of nitrogens with zero attached hydrogens (tertiary/aromatic N) is 2. The Hall–Kier alpha value is -2.24. The summed E-state index contributed by atoms with van der Waals surface area (Å²) in [5, 5.41) is 0.754. The van der Waals surface area contributed by atoms with Crippen LogP contribution in [-0.4, -0.2) is 30.1 Å². The Bertz CT molecular complexity index is 1010. The lowest BCUT2D eigenvalue weighted by molar-refractivity contribution is 0.0917. The van der Waals surface area contributed by atoms with Crippen molar-refractivity contribution in [1.29, 1.82) is 0 Å². The van der Waals surface area contributed by atoms with E-state index in [4.69, 9.17) is 9.72 Å². The maximum atomic E-state index is 13.5. The second-order valence-corrected chi connectivity index (χ2v) is 8.53. The van der Waals surface area contributed by atoms with Crippen molar-refractivity contribution in [1.82, 2.24) is 4.98 Å². The van der Waals surface area contributed by atoms with E-state index in [1.807, 2.05) is 36.9 Å². The molecular weight excluding hydrogens is 368 g/mol. The molecule has 4 nitrogen and oxygen atoms in total. The van der Waals surface area contributed by atoms with Gasteiger partial charge in [-0.25, -0.2) is 4.98 Å². The first-order chi connectivity index (χ1) is 13.5. The zero-order valence-corrected chi connectivity index (χ0v) is 17.5. The molecule has 0 spiro atoms. The topological polar surface area (TPSA) is 42.4 Å². The Kier molecular flexibility index (Phi) is 5.47. The fourth-order valence-electron chi connectivity index (χ4n) is 3.64. The van der Waals surface area contributed by atoms with Crippen molar-refractivity contribution in [3.05, 3.63) is 58.7 Å². The Labute approximate surface area is 170 Å². The van der Waals surface area contributed by atoms with Gasteiger partial charge in [0.25, 0.3) is 5.91 Å². The highest BCUT2D eigenvalue weighted by atomic mass is 32.1. The minimum absolute atomic E-state index is 0.00599. The van der Waals surface area contributed by atoms with Gasteiger partial charge in [0.05, 0.1) is 22.9 Å². The minimum Gasteiger partial charge on any atom is -0.376 e. The average Bonchev–Trinajstić information content (AvgIpc) is 3.36. The van der Waals surface area contributed by atoms with Crippen molar-refractivity contribution >= 4 is 32.6 Å². The normalized spacial score (nSPS) is 16.6. The summed E-state index contributed by atoms with van der Waals surface area (Å²) in [4.78, 5) is 20.2. The molecule has 2 heterocycles. The first-order valence-electron chi connectivity index (χ1n) is 9.95. The maximum Gasteiger partial charge on any atom is 0.260 e. The lowest BCUT2D eigenvalue weighted by Crippen LogP contribution is -2.37. The standard InChI is InChI=1S/C23H26N2O2S/c1-4-17-9-10-20-21(13-17)28-23(24-20)25(14-18-6-5-11-27-18)22(26)19-12-15(2)7-8-16(19)3/h7-10,12-13,18H,4-6,11,14H2,1-3H3. The summed E-state index contributed by atoms with van der Waals surface area (Å²) in [6.45, 7) is 7.48. The van der Waals surface area contributed by atoms with Crippen molar-refractivity contribution in [2.45, 2.75) is 46.1 Å². The molecule has 5 heteroatoms. The summed E-state index contributed by atoms with van der Waals surface area (Å²) >= 11 is 1.59. The maximum absolute atomic E-state index is 13.5. The van der Waals surface area contributed by atoms with Gasteiger partial charge in [-0.1, -0.05) is 42.0 Å². The smallest absolute Gasteiger partial charge is 0.260 e. The van der Waals surface area contributed by atoms with Crippen LogP contribution in [0.2, 0.25) is 0 Å². The van der Waals surface area contributed by atoms with Crippen LogP contribution in [0.25, 0.3) is 10.2 Å². The predicted octanol–water partition coefficient (Wildman–Crippen LogP) is 5.30. The van der Waals surface area contributed by atoms with Gasteiger partial charge in [-0.3, -0.25) is 9.69 Å². The Morgan fingerprint density at radius 2 is 2.11 bits per heavy atom. The second kappa shape index (κ2) is 8.02. The molecule has 3 aromatic rings. The molecule has 0 N–H and O–H groups in total. The largest absolute Gasteiger partial charge is 0.376 e. The highest BCUT2D eigenvalue weighted by Crippen LogP contribution is 2.32. The van der Waals surface area contributed by atoms with Crippen LogP contribution in [0.3, 0.4) is 0 Å². The third-order valence-corrected chi connectivity index (χ3v) is 6.40. The third kappa shape index (κ3) is 3.82. The summed E-state index contributed by atoms with van der Waals surface area (Å²) in [7, 11) is 0. The highest BCUT2D eigenvalue weighted by Gasteiger charge is 2.27. The molecule has 0 aliphatic carbocycles. The molecule has 146 valence electrons. The van der Waals surface area contributed by atoms with Gasteiger partial charge < -0.3 is 4.74 Å². The lowest BCUT2D eigenvalue weighted by atomic mass is 10.0. The number of hydrogen-bond acceptors (Lipinski definition) is 4. The van der Waals surface area contributed by atoms with Crippen molar-refractivity contribution in [3.8, 4) is 0 Å². The van der Waals surface area contributed by atoms with Crippen molar-refractivity contribution in [2.24, 2.45) is 0 Å². The Morgan fingerprint density at radius 3 is 2.86 bits per heavy atom. The zero-order chi connectivity index (χ0) is 19.7. The van der Waals surface area contributed by atoms with Crippen molar-refractivity contribution in [3.63, 3.8) is 0 Å². The molecule has 0 bridgehead atoms. The minimum atomic E-state index is 0.00599. The number of thiazole rings is 1. The van der Waals surface area contributed by atoms with Crippen LogP contribution in [0.4, 0.5) is 5.13 Å². The van der Waals surface area contributed by atoms with Crippen LogP contribution in [-0.2, 0) is 11.2 Å². The van der Waals surface area contributed by atoms with Gasteiger partial charge in [-0.05, 0) is 62.4 Å². The van der Waals surface area contributed by atoms with Crippen LogP contribution >= 0.6 is 11.3 Å². The summed E-state index contributed by atoms with van der Waals surface area (Å²) in [5.41, 5.74) is 5.05. The van der Waals surface area contributed by atoms with Crippen molar-refractivity contribution < 1.29 is 9.53 Å². The number of anilines is 1. The number of carbonyl (C=O) groups is 1. The van der Waals surface area contributed by atoms with Gasteiger partial charge in [0.15, 0.2) is 5.13 Å². The number of fused-ring (bicyclic) bond motifs is 1. The molecule has 28 heavy (non-hydrogen) atoms. The molecule has 1 atom stereocenters. The zero-order valence-electron chi connectivity index (χ0n) is 16.7. The number of aryl methyl sites for hydroxylation is 3. The quantitative estimate of drug-likeness (QED) is 0.590. The summed E-state index contributed by atoms with van der Waals surface area (Å²) in [6.07, 6.45) is 3.11. The monoisotopic (exact) mass is 394 g/mol. The second-order valence-electron chi connectivity index (χ2n) is 7.52. The summed E-state index contributed by atoms with van der Waals surface area (Å²) in [6, 6.07) is 12.4. The molecule has 1 aromatic heterocycles. The summed E-state index contributed by atoms with van der Waals surface area (Å²) < 4.78 is 6.96. The highest BCUT2D eigenvalue weighted by molar-refractivity contribution is 7.22. The number of rotatable bonds is 5. The van der Waals surface area contributed by atoms with Crippen LogP contribution in [0, 0.1) is 13.8 Å². The van der Waals surface area contributed by atoms with Crippen LogP contribution in [0.15, 0.2) is 36.4 Å². The first kappa shape index (κ1) is 19.1. The molecule has 1 aliphatic rings. The molecule has 1 unspecified atom stereocenters. The van der Waals surface area contributed by atoms with E-state index in [-0.39, 0.29) is 12.0 Å². The Balaban J connectivity index is 1.74. The van der Waals surface area contributed by atoms with Gasteiger partial charge in [0.1, 0.15) is 0 Å². The van der Waals surface area contributed by atoms with E-state index in [0.717, 1.165) is 57.9 Å². The molecule has 4 rings (SSSR count). The predicted molar refractivity (Wildman–Crippen MR) is 116 cm³/mol. The summed E-state index contributed by atoms with van der Waals surface area (Å²) in [5.74, 6) is 0.00599. The molecule has 2 aromatic carbocycles. The van der Waals surface area contributed by atoms with E-state index in [2.05, 4.69) is 25.1 Å². The number of hydrogen-bond donors (Lipinski definition) is 0.